The largest absolute Gasteiger partial charge is 0.491 e. The monoisotopic (exact) mass is 253 g/mol. The number of ether oxygens (including phenoxy) is 1. The van der Waals surface area contributed by atoms with Crippen LogP contribution >= 0.6 is 11.6 Å². The van der Waals surface area contributed by atoms with Crippen molar-refractivity contribution in [1.29, 1.82) is 0 Å². The second kappa shape index (κ2) is 4.67. The van der Waals surface area contributed by atoms with Crippen molar-refractivity contribution in [1.82, 2.24) is 4.98 Å². The third-order valence-corrected chi connectivity index (χ3v) is 2.58. The Bertz CT molecular complexity index is 586. The van der Waals surface area contributed by atoms with Crippen LogP contribution in [0.15, 0.2) is 18.2 Å². The molecule has 3 nitrogen and oxygen atoms in total. The van der Waals surface area contributed by atoms with Gasteiger partial charge in [0.1, 0.15) is 5.15 Å². The van der Waals surface area contributed by atoms with Crippen LogP contribution in [0.2, 0.25) is 5.15 Å². The SMILES string of the molecule is CCOc1cc2cc(C=O)c(Cl)nc2cc1F. The summed E-state index contributed by atoms with van der Waals surface area (Å²) in [5, 5.41) is 0.678. The summed E-state index contributed by atoms with van der Waals surface area (Å²) in [6, 6.07) is 4.30. The molecule has 0 bridgehead atoms. The van der Waals surface area contributed by atoms with E-state index >= 15 is 0 Å². The van der Waals surface area contributed by atoms with Gasteiger partial charge in [-0.25, -0.2) is 9.37 Å². The summed E-state index contributed by atoms with van der Waals surface area (Å²) in [5.41, 5.74) is 0.662. The highest BCUT2D eigenvalue weighted by Crippen LogP contribution is 2.26. The third-order valence-electron chi connectivity index (χ3n) is 2.28. The van der Waals surface area contributed by atoms with Crippen LogP contribution in [0.3, 0.4) is 0 Å². The van der Waals surface area contributed by atoms with E-state index in [2.05, 4.69) is 4.98 Å². The van der Waals surface area contributed by atoms with Crippen molar-refractivity contribution in [3.8, 4) is 5.75 Å². The van der Waals surface area contributed by atoms with Gasteiger partial charge in [-0.2, -0.15) is 0 Å². The van der Waals surface area contributed by atoms with E-state index in [0.717, 1.165) is 0 Å². The molecule has 0 radical (unpaired) electrons. The molecule has 0 unspecified atom stereocenters. The van der Waals surface area contributed by atoms with E-state index in [4.69, 9.17) is 16.3 Å². The number of pyridine rings is 1. The van der Waals surface area contributed by atoms with Gasteiger partial charge in [-0.1, -0.05) is 11.6 Å². The molecule has 0 fully saturated rings. The number of carbonyl (C=O) groups excluding carboxylic acids is 1. The summed E-state index contributed by atoms with van der Waals surface area (Å²) in [6.45, 7) is 2.13. The zero-order chi connectivity index (χ0) is 12.4. The van der Waals surface area contributed by atoms with Crippen LogP contribution in [-0.2, 0) is 0 Å². The Labute approximate surface area is 102 Å². The molecule has 17 heavy (non-hydrogen) atoms. The Balaban J connectivity index is 2.66. The lowest BCUT2D eigenvalue weighted by Gasteiger charge is -2.07. The summed E-state index contributed by atoms with van der Waals surface area (Å²) in [7, 11) is 0. The Morgan fingerprint density at radius 2 is 2.24 bits per heavy atom. The molecule has 0 aliphatic carbocycles. The predicted octanol–water partition coefficient (Wildman–Crippen LogP) is 3.24. The molecule has 0 saturated carbocycles. The van der Waals surface area contributed by atoms with Gasteiger partial charge in [-0.15, -0.1) is 0 Å². The van der Waals surface area contributed by atoms with Crippen molar-refractivity contribution in [3.05, 3.63) is 34.7 Å². The number of rotatable bonds is 3. The summed E-state index contributed by atoms with van der Waals surface area (Å²) in [5.74, 6) is -0.359. The Morgan fingerprint density at radius 1 is 1.47 bits per heavy atom. The van der Waals surface area contributed by atoms with Crippen LogP contribution in [0.4, 0.5) is 4.39 Å². The van der Waals surface area contributed by atoms with Crippen LogP contribution in [0.5, 0.6) is 5.75 Å². The second-order valence-corrected chi connectivity index (χ2v) is 3.75. The number of carbonyl (C=O) groups is 1. The van der Waals surface area contributed by atoms with Crippen molar-refractivity contribution in [3.63, 3.8) is 0 Å². The average Bonchev–Trinajstić information content (AvgIpc) is 2.30. The highest BCUT2D eigenvalue weighted by Gasteiger charge is 2.09. The molecule has 2 rings (SSSR count). The van der Waals surface area contributed by atoms with E-state index < -0.39 is 5.82 Å². The average molecular weight is 254 g/mol. The molecule has 5 heteroatoms. The number of hydrogen-bond acceptors (Lipinski definition) is 3. The molecule has 2 aromatic rings. The lowest BCUT2D eigenvalue weighted by molar-refractivity contribution is 0.112. The normalized spacial score (nSPS) is 10.5. The summed E-state index contributed by atoms with van der Waals surface area (Å²) >= 11 is 5.76. The van der Waals surface area contributed by atoms with Crippen molar-refractivity contribution in [2.45, 2.75) is 6.92 Å². The van der Waals surface area contributed by atoms with E-state index in [-0.39, 0.29) is 16.5 Å². The maximum atomic E-state index is 13.5. The second-order valence-electron chi connectivity index (χ2n) is 3.39. The smallest absolute Gasteiger partial charge is 0.167 e. The minimum Gasteiger partial charge on any atom is -0.491 e. The molecule has 1 aromatic heterocycles. The molecule has 1 heterocycles. The third kappa shape index (κ3) is 2.22. The minimum absolute atomic E-state index is 0.0658. The lowest BCUT2D eigenvalue weighted by atomic mass is 10.1. The quantitative estimate of drug-likeness (QED) is 0.623. The first-order valence-corrected chi connectivity index (χ1v) is 5.41. The fourth-order valence-corrected chi connectivity index (χ4v) is 1.71. The van der Waals surface area contributed by atoms with Crippen LogP contribution in [-0.4, -0.2) is 17.9 Å². The minimum atomic E-state index is -0.498. The van der Waals surface area contributed by atoms with Gasteiger partial charge in [-0.3, -0.25) is 4.79 Å². The molecule has 0 aliphatic rings. The van der Waals surface area contributed by atoms with Gasteiger partial charge in [0.05, 0.1) is 17.7 Å². The number of aldehydes is 1. The molecule has 1 aromatic carbocycles. The molecule has 88 valence electrons. The summed E-state index contributed by atoms with van der Waals surface area (Å²) < 4.78 is 18.7. The summed E-state index contributed by atoms with van der Waals surface area (Å²) in [6.07, 6.45) is 0.610. The highest BCUT2D eigenvalue weighted by atomic mass is 35.5. The van der Waals surface area contributed by atoms with Gasteiger partial charge in [0.2, 0.25) is 0 Å². The van der Waals surface area contributed by atoms with Crippen molar-refractivity contribution >= 4 is 28.8 Å². The number of hydrogen-bond donors (Lipinski definition) is 0. The number of fused-ring (bicyclic) bond motifs is 1. The molecule has 0 spiro atoms. The van der Waals surface area contributed by atoms with E-state index in [1.807, 2.05) is 0 Å². The van der Waals surface area contributed by atoms with Gasteiger partial charge in [0.25, 0.3) is 0 Å². The van der Waals surface area contributed by atoms with Crippen LogP contribution in [0.1, 0.15) is 17.3 Å². The van der Waals surface area contributed by atoms with E-state index in [1.54, 1.807) is 13.0 Å². The van der Waals surface area contributed by atoms with Crippen LogP contribution < -0.4 is 4.74 Å². The Morgan fingerprint density at radius 3 is 2.88 bits per heavy atom. The summed E-state index contributed by atoms with van der Waals surface area (Å²) in [4.78, 5) is 14.7. The van der Waals surface area contributed by atoms with Crippen LogP contribution in [0, 0.1) is 5.82 Å². The zero-order valence-electron chi connectivity index (χ0n) is 9.04. The van der Waals surface area contributed by atoms with Gasteiger partial charge in [-0.05, 0) is 19.1 Å². The molecule has 0 amide bonds. The molecule has 0 N–H and O–H groups in total. The van der Waals surface area contributed by atoms with Gasteiger partial charge in [0, 0.05) is 11.5 Å². The van der Waals surface area contributed by atoms with Gasteiger partial charge < -0.3 is 4.74 Å². The van der Waals surface area contributed by atoms with Crippen molar-refractivity contribution < 1.29 is 13.9 Å². The molecule has 0 aliphatic heterocycles. The maximum absolute atomic E-state index is 13.5. The zero-order valence-corrected chi connectivity index (χ0v) is 9.79. The van der Waals surface area contributed by atoms with E-state index in [9.17, 15) is 9.18 Å². The number of nitrogens with zero attached hydrogens (tertiary/aromatic N) is 1. The molecular formula is C12H9ClFNO2. The Kier molecular flexibility index (Phi) is 3.24. The maximum Gasteiger partial charge on any atom is 0.167 e. The van der Waals surface area contributed by atoms with E-state index in [1.165, 1.54) is 12.1 Å². The standard InChI is InChI=1S/C12H9ClFNO2/c1-2-17-11-4-7-3-8(6-16)12(13)15-10(7)5-9(11)14/h3-6H,2H2,1H3. The van der Waals surface area contributed by atoms with Crippen LogP contribution in [0.25, 0.3) is 10.9 Å². The van der Waals surface area contributed by atoms with Crippen molar-refractivity contribution in [2.75, 3.05) is 6.61 Å². The topological polar surface area (TPSA) is 39.2 Å². The fourth-order valence-electron chi connectivity index (χ4n) is 1.52. The molecule has 0 atom stereocenters. The lowest BCUT2D eigenvalue weighted by Crippen LogP contribution is -1.96. The first-order chi connectivity index (χ1) is 8.15. The first-order valence-electron chi connectivity index (χ1n) is 5.03. The van der Waals surface area contributed by atoms with Gasteiger partial charge >= 0.3 is 0 Å². The molecular weight excluding hydrogens is 245 g/mol. The first kappa shape index (κ1) is 11.8. The Hall–Kier alpha value is -1.68. The fraction of sp³-hybridized carbons (Fsp3) is 0.167. The number of halogens is 2. The van der Waals surface area contributed by atoms with Gasteiger partial charge in [0.15, 0.2) is 17.9 Å². The predicted molar refractivity (Wildman–Crippen MR) is 63.3 cm³/mol. The van der Waals surface area contributed by atoms with E-state index in [0.29, 0.717) is 23.8 Å². The highest BCUT2D eigenvalue weighted by molar-refractivity contribution is 6.32. The number of aromatic nitrogens is 1. The number of benzene rings is 1. The van der Waals surface area contributed by atoms with Crippen molar-refractivity contribution in [2.24, 2.45) is 0 Å². The molecule has 0 saturated heterocycles.